The summed E-state index contributed by atoms with van der Waals surface area (Å²) in [6.07, 6.45) is 0. The lowest BCUT2D eigenvalue weighted by Crippen LogP contribution is -2.84. The van der Waals surface area contributed by atoms with Gasteiger partial charge in [0.2, 0.25) is 0 Å². The van der Waals surface area contributed by atoms with Crippen molar-refractivity contribution in [2.45, 2.75) is 0 Å². The summed E-state index contributed by atoms with van der Waals surface area (Å²) in [7, 11) is 7.25. The summed E-state index contributed by atoms with van der Waals surface area (Å²) in [6.45, 7) is 1.54. The molecule has 0 aliphatic heterocycles. The molecule has 0 unspecified atom stereocenters. The molecular weight excluding hydrogens is 130 g/mol. The molecule has 0 aliphatic carbocycles. The first-order valence-corrected chi connectivity index (χ1v) is 3.22. The SMILES string of the molecule is [CH2-][NH2+]C(=O)NCCN(C)C. The van der Waals surface area contributed by atoms with E-state index in [9.17, 15) is 4.79 Å². The molecule has 0 aromatic heterocycles. The van der Waals surface area contributed by atoms with E-state index in [0.717, 1.165) is 6.54 Å². The van der Waals surface area contributed by atoms with Crippen LogP contribution in [0.2, 0.25) is 0 Å². The first-order chi connectivity index (χ1) is 4.66. The van der Waals surface area contributed by atoms with E-state index in [2.05, 4.69) is 12.4 Å². The Labute approximate surface area is 61.6 Å². The average Bonchev–Trinajstić information content (AvgIpc) is 1.87. The largest absolute Gasteiger partial charge is 0.395 e. The van der Waals surface area contributed by atoms with Gasteiger partial charge in [-0.15, -0.1) is 7.05 Å². The van der Waals surface area contributed by atoms with Crippen molar-refractivity contribution in [1.29, 1.82) is 0 Å². The lowest BCUT2D eigenvalue weighted by atomic mass is 10.6. The molecule has 0 aliphatic rings. The number of hydrogen-bond donors (Lipinski definition) is 2. The van der Waals surface area contributed by atoms with Gasteiger partial charge in [-0.2, -0.15) is 0 Å². The molecule has 2 amide bonds. The first-order valence-electron chi connectivity index (χ1n) is 3.22. The number of likely N-dealkylation sites (N-methyl/N-ethyl adjacent to an activating group) is 1. The van der Waals surface area contributed by atoms with E-state index in [1.807, 2.05) is 19.0 Å². The second kappa shape index (κ2) is 5.20. The first kappa shape index (κ1) is 9.39. The lowest BCUT2D eigenvalue weighted by molar-refractivity contribution is -0.490. The van der Waals surface area contributed by atoms with E-state index >= 15 is 0 Å². The molecule has 0 saturated heterocycles. The van der Waals surface area contributed by atoms with Gasteiger partial charge in [0.1, 0.15) is 0 Å². The van der Waals surface area contributed by atoms with E-state index in [1.54, 1.807) is 0 Å². The number of quaternary nitrogens is 1. The summed E-state index contributed by atoms with van der Waals surface area (Å²) < 4.78 is 0. The van der Waals surface area contributed by atoms with Crippen molar-refractivity contribution < 1.29 is 10.1 Å². The molecule has 0 atom stereocenters. The fraction of sp³-hybridized carbons (Fsp3) is 0.667. The summed E-state index contributed by atoms with van der Waals surface area (Å²) >= 11 is 0. The molecule has 0 aromatic carbocycles. The van der Waals surface area contributed by atoms with Crippen molar-refractivity contribution in [3.8, 4) is 0 Å². The van der Waals surface area contributed by atoms with Crippen LogP contribution in [0.1, 0.15) is 0 Å². The predicted molar refractivity (Wildman–Crippen MR) is 39.2 cm³/mol. The number of nitrogens with zero attached hydrogens (tertiary/aromatic N) is 1. The van der Waals surface area contributed by atoms with Gasteiger partial charge in [0.15, 0.2) is 0 Å². The molecule has 0 aromatic rings. The van der Waals surface area contributed by atoms with Crippen LogP contribution in [0, 0.1) is 7.05 Å². The van der Waals surface area contributed by atoms with Crippen molar-refractivity contribution in [3.05, 3.63) is 7.05 Å². The average molecular weight is 145 g/mol. The van der Waals surface area contributed by atoms with Gasteiger partial charge < -0.3 is 15.5 Å². The highest BCUT2D eigenvalue weighted by Gasteiger charge is 1.95. The van der Waals surface area contributed by atoms with Gasteiger partial charge in [-0.1, -0.05) is 0 Å². The molecule has 0 radical (unpaired) electrons. The van der Waals surface area contributed by atoms with Crippen molar-refractivity contribution in [1.82, 2.24) is 10.2 Å². The maximum atomic E-state index is 10.5. The normalized spacial score (nSPS) is 10.0. The van der Waals surface area contributed by atoms with Crippen molar-refractivity contribution in [3.63, 3.8) is 0 Å². The summed E-state index contributed by atoms with van der Waals surface area (Å²) in [4.78, 5) is 12.5. The van der Waals surface area contributed by atoms with Crippen LogP contribution < -0.4 is 10.6 Å². The third-order valence-corrected chi connectivity index (χ3v) is 1.04. The molecule has 0 bridgehead atoms. The minimum atomic E-state index is -0.109. The standard InChI is InChI=1S/C6H15N3O/c1-7-6(10)8-4-5-9(2)3/h1,4-5,7H2,2-3H3,(H,8,10). The molecule has 0 rings (SSSR count). The van der Waals surface area contributed by atoms with Gasteiger partial charge in [-0.3, -0.25) is 0 Å². The van der Waals surface area contributed by atoms with Crippen LogP contribution in [0.3, 0.4) is 0 Å². The summed E-state index contributed by atoms with van der Waals surface area (Å²) in [5, 5.41) is 3.94. The molecular formula is C6H15N3O. The Bertz CT molecular complexity index is 103. The van der Waals surface area contributed by atoms with Gasteiger partial charge in [0.25, 0.3) is 0 Å². The van der Waals surface area contributed by atoms with Gasteiger partial charge >= 0.3 is 6.03 Å². The predicted octanol–water partition coefficient (Wildman–Crippen LogP) is -1.39. The Morgan fingerprint density at radius 1 is 1.70 bits per heavy atom. The van der Waals surface area contributed by atoms with Crippen molar-refractivity contribution in [2.75, 3.05) is 27.2 Å². The fourth-order valence-corrected chi connectivity index (χ4v) is 0.475. The number of amides is 2. The number of urea groups is 1. The van der Waals surface area contributed by atoms with Gasteiger partial charge in [-0.05, 0) is 14.1 Å². The monoisotopic (exact) mass is 145 g/mol. The second-order valence-electron chi connectivity index (χ2n) is 2.30. The molecule has 0 heterocycles. The third-order valence-electron chi connectivity index (χ3n) is 1.04. The van der Waals surface area contributed by atoms with Gasteiger partial charge in [-0.25, -0.2) is 4.79 Å². The van der Waals surface area contributed by atoms with Crippen LogP contribution >= 0.6 is 0 Å². The van der Waals surface area contributed by atoms with E-state index < -0.39 is 0 Å². The fourth-order valence-electron chi connectivity index (χ4n) is 0.475. The van der Waals surface area contributed by atoms with E-state index in [-0.39, 0.29) is 6.03 Å². The number of nitrogens with two attached hydrogens (primary N) is 1. The molecule has 60 valence electrons. The quantitative estimate of drug-likeness (QED) is 0.480. The third kappa shape index (κ3) is 5.53. The highest BCUT2D eigenvalue weighted by molar-refractivity contribution is 5.62. The molecule has 4 nitrogen and oxygen atoms in total. The van der Waals surface area contributed by atoms with E-state index in [0.29, 0.717) is 6.54 Å². The zero-order valence-electron chi connectivity index (χ0n) is 6.55. The molecule has 0 spiro atoms. The molecule has 10 heavy (non-hydrogen) atoms. The Morgan fingerprint density at radius 2 is 2.30 bits per heavy atom. The minimum Gasteiger partial charge on any atom is -0.395 e. The van der Waals surface area contributed by atoms with Crippen LogP contribution in [-0.4, -0.2) is 38.1 Å². The highest BCUT2D eigenvalue weighted by atomic mass is 16.2. The number of carbonyl (C=O) groups excluding carboxylic acids is 1. The van der Waals surface area contributed by atoms with Crippen LogP contribution in [0.15, 0.2) is 0 Å². The van der Waals surface area contributed by atoms with Gasteiger partial charge in [0, 0.05) is 13.1 Å². The Kier molecular flexibility index (Phi) is 4.88. The second-order valence-corrected chi connectivity index (χ2v) is 2.30. The Morgan fingerprint density at radius 3 is 2.70 bits per heavy atom. The van der Waals surface area contributed by atoms with Crippen LogP contribution in [0.5, 0.6) is 0 Å². The number of primary amides is 1. The molecule has 0 saturated carbocycles. The summed E-state index contributed by atoms with van der Waals surface area (Å²) in [5.41, 5.74) is 0. The topological polar surface area (TPSA) is 49.0 Å². The maximum absolute atomic E-state index is 10.5. The zero-order chi connectivity index (χ0) is 7.98. The summed E-state index contributed by atoms with van der Waals surface area (Å²) in [5.74, 6) is 0. The number of rotatable bonds is 3. The van der Waals surface area contributed by atoms with E-state index in [1.165, 1.54) is 5.32 Å². The van der Waals surface area contributed by atoms with Crippen LogP contribution in [0.25, 0.3) is 0 Å². The molecule has 4 heteroatoms. The maximum Gasteiger partial charge on any atom is 0.387 e. The lowest BCUT2D eigenvalue weighted by Gasteiger charge is -2.08. The van der Waals surface area contributed by atoms with Crippen molar-refractivity contribution >= 4 is 6.03 Å². The Balaban J connectivity index is 3.12. The number of carbonyl (C=O) groups is 1. The summed E-state index contributed by atoms with van der Waals surface area (Å²) in [6, 6.07) is -0.109. The van der Waals surface area contributed by atoms with Gasteiger partial charge in [0.05, 0.1) is 0 Å². The Hall–Kier alpha value is -0.610. The van der Waals surface area contributed by atoms with Crippen LogP contribution in [-0.2, 0) is 0 Å². The zero-order valence-corrected chi connectivity index (χ0v) is 6.55. The van der Waals surface area contributed by atoms with Crippen LogP contribution in [0.4, 0.5) is 4.79 Å². The minimum absolute atomic E-state index is 0.109. The van der Waals surface area contributed by atoms with E-state index in [4.69, 9.17) is 0 Å². The number of nitrogens with one attached hydrogen (secondary N) is 1. The highest BCUT2D eigenvalue weighted by Crippen LogP contribution is 1.68. The number of hydrogen-bond acceptors (Lipinski definition) is 2. The van der Waals surface area contributed by atoms with Crippen molar-refractivity contribution in [2.24, 2.45) is 0 Å². The molecule has 0 fully saturated rings. The molecule has 3 N–H and O–H groups in total. The smallest absolute Gasteiger partial charge is 0.387 e.